The molecule has 0 saturated carbocycles. The van der Waals surface area contributed by atoms with Crippen molar-refractivity contribution in [2.75, 3.05) is 5.32 Å². The molecule has 0 amide bonds. The first-order valence-corrected chi connectivity index (χ1v) is 7.59. The van der Waals surface area contributed by atoms with Crippen molar-refractivity contribution in [2.24, 2.45) is 5.92 Å². The molecule has 2 rings (SSSR count). The van der Waals surface area contributed by atoms with Gasteiger partial charge in [0.1, 0.15) is 5.78 Å². The summed E-state index contributed by atoms with van der Waals surface area (Å²) < 4.78 is 0. The molecule has 0 radical (unpaired) electrons. The lowest BCUT2D eigenvalue weighted by atomic mass is 9.90. The second kappa shape index (κ2) is 7.28. The van der Waals surface area contributed by atoms with E-state index in [2.05, 4.69) is 5.32 Å². The lowest BCUT2D eigenvalue weighted by molar-refractivity contribution is -0.122. The Morgan fingerprint density at radius 1 is 1.10 bits per heavy atom. The van der Waals surface area contributed by atoms with E-state index >= 15 is 0 Å². The van der Waals surface area contributed by atoms with E-state index in [-0.39, 0.29) is 17.7 Å². The Balaban J connectivity index is 2.27. The molecule has 1 N–H and O–H groups in total. The standard InChI is InChI=1S/C18H20ClNO/c1-3-17(21)13(2)18(14-7-5-4-6-8-14)20-16-11-9-15(19)10-12-16/h4-13,18,20H,3H2,1-2H3/t13-,18+/m0/s1. The number of hydrogen-bond donors (Lipinski definition) is 1. The van der Waals surface area contributed by atoms with E-state index in [1.54, 1.807) is 0 Å². The number of carbonyl (C=O) groups excluding carboxylic acids is 1. The van der Waals surface area contributed by atoms with E-state index in [1.807, 2.05) is 68.4 Å². The molecule has 0 aromatic heterocycles. The number of anilines is 1. The molecule has 0 aliphatic carbocycles. The van der Waals surface area contributed by atoms with E-state index in [0.717, 1.165) is 11.3 Å². The predicted octanol–water partition coefficient (Wildman–Crippen LogP) is 5.11. The SMILES string of the molecule is CCC(=O)[C@H](C)[C@@H](Nc1ccc(Cl)cc1)c1ccccc1. The number of rotatable bonds is 6. The summed E-state index contributed by atoms with van der Waals surface area (Å²) in [6, 6.07) is 17.6. The zero-order valence-corrected chi connectivity index (χ0v) is 13.1. The van der Waals surface area contributed by atoms with Crippen molar-refractivity contribution >= 4 is 23.1 Å². The predicted molar refractivity (Wildman–Crippen MR) is 88.7 cm³/mol. The Bertz CT molecular complexity index is 580. The van der Waals surface area contributed by atoms with Gasteiger partial charge in [-0.2, -0.15) is 0 Å². The van der Waals surface area contributed by atoms with Gasteiger partial charge in [0, 0.05) is 23.0 Å². The third kappa shape index (κ3) is 4.08. The van der Waals surface area contributed by atoms with Gasteiger partial charge in [0.05, 0.1) is 6.04 Å². The summed E-state index contributed by atoms with van der Waals surface area (Å²) in [6.45, 7) is 3.88. The first-order chi connectivity index (χ1) is 10.1. The minimum Gasteiger partial charge on any atom is -0.378 e. The Labute approximate surface area is 131 Å². The largest absolute Gasteiger partial charge is 0.378 e. The normalized spacial score (nSPS) is 13.5. The Hall–Kier alpha value is -1.80. The van der Waals surface area contributed by atoms with Gasteiger partial charge in [-0.25, -0.2) is 0 Å². The number of benzene rings is 2. The van der Waals surface area contributed by atoms with E-state index in [1.165, 1.54) is 0 Å². The Morgan fingerprint density at radius 3 is 2.29 bits per heavy atom. The monoisotopic (exact) mass is 301 g/mol. The molecule has 2 aromatic rings. The third-order valence-electron chi connectivity index (χ3n) is 3.68. The second-order valence-corrected chi connectivity index (χ2v) is 5.58. The third-order valence-corrected chi connectivity index (χ3v) is 3.93. The van der Waals surface area contributed by atoms with Gasteiger partial charge in [0.25, 0.3) is 0 Å². The smallest absolute Gasteiger partial charge is 0.137 e. The van der Waals surface area contributed by atoms with Crippen molar-refractivity contribution < 1.29 is 4.79 Å². The van der Waals surface area contributed by atoms with Crippen LogP contribution in [0.4, 0.5) is 5.69 Å². The summed E-state index contributed by atoms with van der Waals surface area (Å²) in [5.41, 5.74) is 2.07. The highest BCUT2D eigenvalue weighted by molar-refractivity contribution is 6.30. The maximum absolute atomic E-state index is 12.1. The second-order valence-electron chi connectivity index (χ2n) is 5.15. The fraction of sp³-hybridized carbons (Fsp3) is 0.278. The molecule has 2 atom stereocenters. The zero-order chi connectivity index (χ0) is 15.2. The first kappa shape index (κ1) is 15.6. The maximum Gasteiger partial charge on any atom is 0.137 e. The number of Topliss-reactive ketones (excluding diaryl/α,β-unsaturated/α-hetero) is 1. The molecule has 2 aromatic carbocycles. The van der Waals surface area contributed by atoms with Crippen LogP contribution in [0.5, 0.6) is 0 Å². The molecule has 0 bridgehead atoms. The van der Waals surface area contributed by atoms with Crippen molar-refractivity contribution in [3.05, 3.63) is 65.2 Å². The molecule has 2 nitrogen and oxygen atoms in total. The van der Waals surface area contributed by atoms with Gasteiger partial charge in [-0.1, -0.05) is 55.8 Å². The van der Waals surface area contributed by atoms with E-state index in [0.29, 0.717) is 11.4 Å². The van der Waals surface area contributed by atoms with Crippen molar-refractivity contribution in [3.63, 3.8) is 0 Å². The fourth-order valence-electron chi connectivity index (χ4n) is 2.39. The van der Waals surface area contributed by atoms with Gasteiger partial charge in [-0.15, -0.1) is 0 Å². The molecular formula is C18H20ClNO. The maximum atomic E-state index is 12.1. The lowest BCUT2D eigenvalue weighted by Crippen LogP contribution is -2.25. The number of halogens is 1. The molecule has 0 aliphatic rings. The summed E-state index contributed by atoms with van der Waals surface area (Å²) in [7, 11) is 0. The summed E-state index contributed by atoms with van der Waals surface area (Å²) in [5.74, 6) is 0.165. The van der Waals surface area contributed by atoms with Crippen LogP contribution >= 0.6 is 11.6 Å². The molecular weight excluding hydrogens is 282 g/mol. The van der Waals surface area contributed by atoms with Crippen LogP contribution in [0.15, 0.2) is 54.6 Å². The molecule has 0 unspecified atom stereocenters. The van der Waals surface area contributed by atoms with Gasteiger partial charge in [0.15, 0.2) is 0 Å². The van der Waals surface area contributed by atoms with Crippen LogP contribution in [0.2, 0.25) is 5.02 Å². The van der Waals surface area contributed by atoms with Crippen molar-refractivity contribution in [1.82, 2.24) is 0 Å². The Morgan fingerprint density at radius 2 is 1.71 bits per heavy atom. The molecule has 0 fully saturated rings. The summed E-state index contributed by atoms with van der Waals surface area (Å²) in [6.07, 6.45) is 0.548. The Kier molecular flexibility index (Phi) is 5.40. The van der Waals surface area contributed by atoms with Crippen LogP contribution in [-0.4, -0.2) is 5.78 Å². The van der Waals surface area contributed by atoms with Crippen LogP contribution in [0.25, 0.3) is 0 Å². The first-order valence-electron chi connectivity index (χ1n) is 7.21. The van der Waals surface area contributed by atoms with Gasteiger partial charge < -0.3 is 5.32 Å². The molecule has 0 spiro atoms. The summed E-state index contributed by atoms with van der Waals surface area (Å²) in [4.78, 5) is 12.1. The van der Waals surface area contributed by atoms with Crippen molar-refractivity contribution in [3.8, 4) is 0 Å². The van der Waals surface area contributed by atoms with Gasteiger partial charge >= 0.3 is 0 Å². The minimum absolute atomic E-state index is 0.0418. The molecule has 0 saturated heterocycles. The van der Waals surface area contributed by atoms with Crippen molar-refractivity contribution in [2.45, 2.75) is 26.3 Å². The highest BCUT2D eigenvalue weighted by atomic mass is 35.5. The lowest BCUT2D eigenvalue weighted by Gasteiger charge is -2.25. The quantitative estimate of drug-likeness (QED) is 0.803. The van der Waals surface area contributed by atoms with Crippen LogP contribution in [0.1, 0.15) is 31.9 Å². The average molecular weight is 302 g/mol. The van der Waals surface area contributed by atoms with E-state index in [4.69, 9.17) is 11.6 Å². The van der Waals surface area contributed by atoms with Gasteiger partial charge in [-0.3, -0.25) is 4.79 Å². The zero-order valence-electron chi connectivity index (χ0n) is 12.3. The highest BCUT2D eigenvalue weighted by Gasteiger charge is 2.24. The summed E-state index contributed by atoms with van der Waals surface area (Å²) >= 11 is 5.92. The fourth-order valence-corrected chi connectivity index (χ4v) is 2.52. The molecule has 21 heavy (non-hydrogen) atoms. The van der Waals surface area contributed by atoms with Crippen LogP contribution in [-0.2, 0) is 4.79 Å². The number of ketones is 1. The van der Waals surface area contributed by atoms with Gasteiger partial charge in [-0.05, 0) is 29.8 Å². The van der Waals surface area contributed by atoms with Crippen LogP contribution < -0.4 is 5.32 Å². The van der Waals surface area contributed by atoms with Crippen molar-refractivity contribution in [1.29, 1.82) is 0 Å². The number of carbonyl (C=O) groups is 1. The number of hydrogen-bond acceptors (Lipinski definition) is 2. The molecule has 3 heteroatoms. The molecule has 110 valence electrons. The van der Waals surface area contributed by atoms with Gasteiger partial charge in [0.2, 0.25) is 0 Å². The molecule has 0 aliphatic heterocycles. The average Bonchev–Trinajstić information content (AvgIpc) is 2.53. The topological polar surface area (TPSA) is 29.1 Å². The molecule has 0 heterocycles. The van der Waals surface area contributed by atoms with E-state index < -0.39 is 0 Å². The minimum atomic E-state index is -0.0897. The van der Waals surface area contributed by atoms with Crippen LogP contribution in [0, 0.1) is 5.92 Å². The highest BCUT2D eigenvalue weighted by Crippen LogP contribution is 2.28. The number of nitrogens with one attached hydrogen (secondary N) is 1. The van der Waals surface area contributed by atoms with Crippen LogP contribution in [0.3, 0.4) is 0 Å². The summed E-state index contributed by atoms with van der Waals surface area (Å²) in [5, 5.41) is 4.16. The van der Waals surface area contributed by atoms with E-state index in [9.17, 15) is 4.79 Å².